The van der Waals surface area contributed by atoms with E-state index in [1.807, 2.05) is 37.3 Å². The van der Waals surface area contributed by atoms with Crippen LogP contribution in [-0.2, 0) is 13.1 Å². The van der Waals surface area contributed by atoms with Crippen molar-refractivity contribution in [3.8, 4) is 11.5 Å². The van der Waals surface area contributed by atoms with E-state index in [0.717, 1.165) is 41.4 Å². The summed E-state index contributed by atoms with van der Waals surface area (Å²) in [6.07, 6.45) is 5.75. The summed E-state index contributed by atoms with van der Waals surface area (Å²) in [5.41, 5.74) is 1.00. The third-order valence-electron chi connectivity index (χ3n) is 5.17. The Balaban J connectivity index is 1.48. The summed E-state index contributed by atoms with van der Waals surface area (Å²) in [6.45, 7) is 3.07. The molecule has 27 heavy (non-hydrogen) atoms. The van der Waals surface area contributed by atoms with Gasteiger partial charge in [-0.2, -0.15) is 0 Å². The van der Waals surface area contributed by atoms with E-state index in [9.17, 15) is 4.79 Å². The van der Waals surface area contributed by atoms with E-state index in [-0.39, 0.29) is 18.9 Å². The maximum atomic E-state index is 13.0. The van der Waals surface area contributed by atoms with Crippen LogP contribution in [0.15, 0.2) is 34.7 Å². The molecular formula is C21H26N2O4. The molecule has 0 radical (unpaired) electrons. The van der Waals surface area contributed by atoms with Crippen molar-refractivity contribution in [2.75, 3.05) is 6.79 Å². The van der Waals surface area contributed by atoms with E-state index in [2.05, 4.69) is 5.32 Å². The summed E-state index contributed by atoms with van der Waals surface area (Å²) in [6, 6.07) is 9.88. The molecule has 0 bridgehead atoms. The van der Waals surface area contributed by atoms with Crippen LogP contribution in [0.1, 0.15) is 49.2 Å². The number of benzene rings is 1. The Morgan fingerprint density at radius 1 is 1.07 bits per heavy atom. The standard InChI is InChI=1S/C21H26N2O4/c1-15-7-9-18(27-15)13-23(21(24)22-17-5-3-2-4-6-17)12-16-8-10-19-20(11-16)26-14-25-19/h7-11,17H,2-6,12-14H2,1H3,(H,22,24). The van der Waals surface area contributed by atoms with E-state index in [0.29, 0.717) is 13.1 Å². The number of carbonyl (C=O) groups excluding carboxylic acids is 1. The van der Waals surface area contributed by atoms with Crippen molar-refractivity contribution in [2.24, 2.45) is 0 Å². The average molecular weight is 370 g/mol. The molecule has 4 rings (SSSR count). The number of nitrogens with zero attached hydrogens (tertiary/aromatic N) is 1. The zero-order valence-electron chi connectivity index (χ0n) is 15.7. The third kappa shape index (κ3) is 4.38. The minimum atomic E-state index is -0.0476. The minimum absolute atomic E-state index is 0.0476. The number of urea groups is 1. The number of hydrogen-bond donors (Lipinski definition) is 1. The topological polar surface area (TPSA) is 63.9 Å². The van der Waals surface area contributed by atoms with Crippen LogP contribution in [0.3, 0.4) is 0 Å². The van der Waals surface area contributed by atoms with Gasteiger partial charge in [0.25, 0.3) is 0 Å². The van der Waals surface area contributed by atoms with Gasteiger partial charge in [-0.25, -0.2) is 4.79 Å². The minimum Gasteiger partial charge on any atom is -0.464 e. The lowest BCUT2D eigenvalue weighted by Gasteiger charge is -2.28. The number of furan rings is 1. The van der Waals surface area contributed by atoms with Crippen LogP contribution in [0.2, 0.25) is 0 Å². The van der Waals surface area contributed by atoms with Crippen LogP contribution in [0.4, 0.5) is 4.79 Å². The number of nitrogens with one attached hydrogen (secondary N) is 1. The fraction of sp³-hybridized carbons (Fsp3) is 0.476. The molecule has 6 heteroatoms. The molecule has 2 heterocycles. The highest BCUT2D eigenvalue weighted by molar-refractivity contribution is 5.74. The van der Waals surface area contributed by atoms with Crippen molar-refractivity contribution < 1.29 is 18.7 Å². The summed E-state index contributed by atoms with van der Waals surface area (Å²) < 4.78 is 16.5. The molecule has 1 aromatic heterocycles. The normalized spacial score (nSPS) is 16.3. The van der Waals surface area contributed by atoms with Gasteiger partial charge >= 0.3 is 6.03 Å². The highest BCUT2D eigenvalue weighted by Gasteiger charge is 2.22. The van der Waals surface area contributed by atoms with Crippen LogP contribution < -0.4 is 14.8 Å². The zero-order chi connectivity index (χ0) is 18.6. The highest BCUT2D eigenvalue weighted by atomic mass is 16.7. The largest absolute Gasteiger partial charge is 0.464 e. The van der Waals surface area contributed by atoms with Crippen LogP contribution >= 0.6 is 0 Å². The fourth-order valence-electron chi connectivity index (χ4n) is 3.73. The van der Waals surface area contributed by atoms with E-state index in [4.69, 9.17) is 13.9 Å². The first-order valence-corrected chi connectivity index (χ1v) is 9.67. The molecule has 0 atom stereocenters. The van der Waals surface area contributed by atoms with Crippen molar-refractivity contribution in [3.05, 3.63) is 47.4 Å². The molecule has 6 nitrogen and oxygen atoms in total. The first-order valence-electron chi connectivity index (χ1n) is 9.67. The summed E-state index contributed by atoms with van der Waals surface area (Å²) in [5.74, 6) is 3.11. The molecular weight excluding hydrogens is 344 g/mol. The Kier molecular flexibility index (Phi) is 5.23. The van der Waals surface area contributed by atoms with Gasteiger partial charge in [-0.1, -0.05) is 25.3 Å². The van der Waals surface area contributed by atoms with Gasteiger partial charge in [0.15, 0.2) is 11.5 Å². The SMILES string of the molecule is Cc1ccc(CN(Cc2ccc3c(c2)OCO3)C(=O)NC2CCCCC2)o1. The van der Waals surface area contributed by atoms with Crippen LogP contribution in [0.25, 0.3) is 0 Å². The van der Waals surface area contributed by atoms with Crippen molar-refractivity contribution >= 4 is 6.03 Å². The maximum Gasteiger partial charge on any atom is 0.318 e. The predicted octanol–water partition coefficient (Wildman–Crippen LogP) is 4.36. The monoisotopic (exact) mass is 370 g/mol. The summed E-state index contributed by atoms with van der Waals surface area (Å²) in [7, 11) is 0. The summed E-state index contributed by atoms with van der Waals surface area (Å²) in [5, 5.41) is 3.21. The van der Waals surface area contributed by atoms with Gasteiger partial charge in [0.2, 0.25) is 6.79 Å². The van der Waals surface area contributed by atoms with E-state index in [1.165, 1.54) is 19.3 Å². The Bertz CT molecular complexity index is 795. The third-order valence-corrected chi connectivity index (χ3v) is 5.17. The molecule has 1 saturated carbocycles. The van der Waals surface area contributed by atoms with Gasteiger partial charge < -0.3 is 24.1 Å². The molecule has 1 aromatic carbocycles. The smallest absolute Gasteiger partial charge is 0.318 e. The second kappa shape index (κ2) is 7.94. The fourth-order valence-corrected chi connectivity index (χ4v) is 3.73. The van der Waals surface area contributed by atoms with Gasteiger partial charge in [-0.05, 0) is 49.6 Å². The van der Waals surface area contributed by atoms with Crippen molar-refractivity contribution in [1.29, 1.82) is 0 Å². The average Bonchev–Trinajstić information content (AvgIpc) is 3.30. The van der Waals surface area contributed by atoms with Gasteiger partial charge in [0.1, 0.15) is 11.5 Å². The number of fused-ring (bicyclic) bond motifs is 1. The second-order valence-corrected chi connectivity index (χ2v) is 7.34. The number of rotatable bonds is 5. The molecule has 144 valence electrons. The first kappa shape index (κ1) is 17.8. The Labute approximate surface area is 159 Å². The Morgan fingerprint density at radius 3 is 2.67 bits per heavy atom. The van der Waals surface area contributed by atoms with Crippen molar-refractivity contribution in [3.63, 3.8) is 0 Å². The van der Waals surface area contributed by atoms with Crippen LogP contribution in [-0.4, -0.2) is 23.8 Å². The lowest BCUT2D eigenvalue weighted by Crippen LogP contribution is -2.44. The lowest BCUT2D eigenvalue weighted by molar-refractivity contribution is 0.173. The molecule has 0 unspecified atom stereocenters. The summed E-state index contributed by atoms with van der Waals surface area (Å²) in [4.78, 5) is 14.8. The lowest BCUT2D eigenvalue weighted by atomic mass is 9.96. The predicted molar refractivity (Wildman–Crippen MR) is 101 cm³/mol. The Morgan fingerprint density at radius 2 is 1.89 bits per heavy atom. The van der Waals surface area contributed by atoms with E-state index >= 15 is 0 Å². The molecule has 2 aliphatic rings. The maximum absolute atomic E-state index is 13.0. The van der Waals surface area contributed by atoms with Crippen molar-refractivity contribution in [2.45, 2.75) is 58.2 Å². The molecule has 2 amide bonds. The van der Waals surface area contributed by atoms with Crippen molar-refractivity contribution in [1.82, 2.24) is 10.2 Å². The first-order chi connectivity index (χ1) is 13.2. The summed E-state index contributed by atoms with van der Waals surface area (Å²) >= 11 is 0. The van der Waals surface area contributed by atoms with Gasteiger partial charge in [0, 0.05) is 12.6 Å². The number of aryl methyl sites for hydroxylation is 1. The zero-order valence-corrected chi connectivity index (χ0v) is 15.7. The molecule has 0 saturated heterocycles. The molecule has 1 fully saturated rings. The van der Waals surface area contributed by atoms with Gasteiger partial charge in [0.05, 0.1) is 6.54 Å². The van der Waals surface area contributed by atoms with Crippen LogP contribution in [0.5, 0.6) is 11.5 Å². The number of ether oxygens (including phenoxy) is 2. The second-order valence-electron chi connectivity index (χ2n) is 7.34. The van der Waals surface area contributed by atoms with Crippen LogP contribution in [0, 0.1) is 6.92 Å². The Hall–Kier alpha value is -2.63. The molecule has 1 aliphatic heterocycles. The number of hydrogen-bond acceptors (Lipinski definition) is 4. The van der Waals surface area contributed by atoms with E-state index < -0.39 is 0 Å². The van der Waals surface area contributed by atoms with E-state index in [1.54, 1.807) is 4.90 Å². The highest BCUT2D eigenvalue weighted by Crippen LogP contribution is 2.33. The van der Waals surface area contributed by atoms with Gasteiger partial charge in [-0.3, -0.25) is 0 Å². The quantitative estimate of drug-likeness (QED) is 0.849. The van der Waals surface area contributed by atoms with Gasteiger partial charge in [-0.15, -0.1) is 0 Å². The molecule has 2 aromatic rings. The molecule has 1 N–H and O–H groups in total. The number of carbonyl (C=O) groups is 1. The number of amides is 2. The molecule has 0 spiro atoms. The molecule has 1 aliphatic carbocycles.